The van der Waals surface area contributed by atoms with Gasteiger partial charge in [0.25, 0.3) is 0 Å². The molecule has 2 saturated heterocycles. The third kappa shape index (κ3) is 1.92. The van der Waals surface area contributed by atoms with E-state index in [-0.39, 0.29) is 5.41 Å². The summed E-state index contributed by atoms with van der Waals surface area (Å²) in [5.41, 5.74) is 1.53. The van der Waals surface area contributed by atoms with Crippen molar-refractivity contribution in [2.75, 3.05) is 39.9 Å². The molecule has 0 spiro atoms. The molecule has 98 valence electrons. The van der Waals surface area contributed by atoms with Crippen molar-refractivity contribution in [1.82, 2.24) is 10.2 Å². The van der Waals surface area contributed by atoms with Crippen LogP contribution in [-0.2, 0) is 10.2 Å². The van der Waals surface area contributed by atoms with Crippen LogP contribution in [0.5, 0.6) is 0 Å². The van der Waals surface area contributed by atoms with Gasteiger partial charge < -0.3 is 10.1 Å². The molecule has 1 aromatic carbocycles. The number of benzene rings is 1. The number of nitrogens with one attached hydrogen (secondary N) is 1. The Balaban J connectivity index is 1.97. The number of ether oxygens (including phenoxy) is 1. The predicted octanol–water partition coefficient (Wildman–Crippen LogP) is 1.62. The zero-order valence-electron chi connectivity index (χ0n) is 10.7. The lowest BCUT2D eigenvalue weighted by molar-refractivity contribution is -0.103. The van der Waals surface area contributed by atoms with Crippen molar-refractivity contribution >= 4 is 15.9 Å². The first-order valence-corrected chi connectivity index (χ1v) is 7.27. The highest BCUT2D eigenvalue weighted by Crippen LogP contribution is 2.41. The van der Waals surface area contributed by atoms with Crippen molar-refractivity contribution in [2.24, 2.45) is 0 Å². The van der Waals surface area contributed by atoms with Gasteiger partial charge in [-0.3, -0.25) is 4.90 Å². The molecule has 3 nitrogen and oxygen atoms in total. The highest BCUT2D eigenvalue weighted by atomic mass is 79.9. The van der Waals surface area contributed by atoms with Crippen molar-refractivity contribution < 1.29 is 4.74 Å². The summed E-state index contributed by atoms with van der Waals surface area (Å²) in [6.07, 6.45) is 0. The van der Waals surface area contributed by atoms with Crippen LogP contribution in [0.4, 0.5) is 0 Å². The van der Waals surface area contributed by atoms with Crippen molar-refractivity contribution in [3.63, 3.8) is 0 Å². The molecule has 4 heteroatoms. The first-order valence-electron chi connectivity index (χ1n) is 6.48. The molecule has 0 aromatic heterocycles. The fourth-order valence-corrected chi connectivity index (χ4v) is 3.82. The van der Waals surface area contributed by atoms with Crippen LogP contribution >= 0.6 is 15.9 Å². The molecule has 3 rings (SSSR count). The third-order valence-electron chi connectivity index (χ3n) is 4.28. The molecule has 18 heavy (non-hydrogen) atoms. The normalized spacial score (nSPS) is 27.8. The summed E-state index contributed by atoms with van der Waals surface area (Å²) in [6.45, 7) is 4.89. The SMILES string of the molecule is CN1CCNCC1C1(c2ccccc2Br)COC1. The monoisotopic (exact) mass is 310 g/mol. The van der Waals surface area contributed by atoms with Gasteiger partial charge in [-0.05, 0) is 18.7 Å². The van der Waals surface area contributed by atoms with Gasteiger partial charge in [0.15, 0.2) is 0 Å². The first-order chi connectivity index (χ1) is 8.74. The Morgan fingerprint density at radius 2 is 2.17 bits per heavy atom. The average Bonchev–Trinajstić information content (AvgIpc) is 2.32. The first kappa shape index (κ1) is 12.6. The lowest BCUT2D eigenvalue weighted by Crippen LogP contribution is -2.66. The Bertz CT molecular complexity index is 434. The van der Waals surface area contributed by atoms with Crippen molar-refractivity contribution in [3.8, 4) is 0 Å². The van der Waals surface area contributed by atoms with Crippen LogP contribution in [0.25, 0.3) is 0 Å². The fraction of sp³-hybridized carbons (Fsp3) is 0.571. The molecule has 1 unspecified atom stereocenters. The molecule has 0 bridgehead atoms. The van der Waals surface area contributed by atoms with Gasteiger partial charge in [-0.15, -0.1) is 0 Å². The van der Waals surface area contributed by atoms with Gasteiger partial charge in [-0.25, -0.2) is 0 Å². The summed E-state index contributed by atoms with van der Waals surface area (Å²) < 4.78 is 6.78. The number of likely N-dealkylation sites (N-methyl/N-ethyl adjacent to an activating group) is 1. The summed E-state index contributed by atoms with van der Waals surface area (Å²) >= 11 is 3.70. The molecule has 1 aromatic rings. The molecule has 2 fully saturated rings. The minimum absolute atomic E-state index is 0.141. The van der Waals surface area contributed by atoms with Gasteiger partial charge in [0.1, 0.15) is 0 Å². The minimum Gasteiger partial charge on any atom is -0.379 e. The van der Waals surface area contributed by atoms with Crippen LogP contribution < -0.4 is 5.32 Å². The zero-order valence-corrected chi connectivity index (χ0v) is 12.2. The molecular weight excluding hydrogens is 292 g/mol. The zero-order chi connectivity index (χ0) is 12.6. The van der Waals surface area contributed by atoms with Gasteiger partial charge >= 0.3 is 0 Å². The lowest BCUT2D eigenvalue weighted by Gasteiger charge is -2.52. The Hall–Kier alpha value is -0.420. The Kier molecular flexibility index (Phi) is 3.45. The number of hydrogen-bond acceptors (Lipinski definition) is 3. The van der Waals surface area contributed by atoms with E-state index in [0.29, 0.717) is 6.04 Å². The van der Waals surface area contributed by atoms with Gasteiger partial charge in [0.05, 0.1) is 18.6 Å². The van der Waals surface area contributed by atoms with Gasteiger partial charge in [0, 0.05) is 30.1 Å². The molecule has 2 heterocycles. The van der Waals surface area contributed by atoms with Crippen LogP contribution in [0, 0.1) is 0 Å². The second-order valence-electron chi connectivity index (χ2n) is 5.33. The van der Waals surface area contributed by atoms with Gasteiger partial charge in [-0.2, -0.15) is 0 Å². The summed E-state index contributed by atoms with van der Waals surface area (Å²) in [4.78, 5) is 2.47. The molecule has 2 aliphatic heterocycles. The van der Waals surface area contributed by atoms with E-state index in [1.807, 2.05) is 0 Å². The van der Waals surface area contributed by atoms with E-state index in [0.717, 1.165) is 32.8 Å². The second kappa shape index (κ2) is 4.93. The number of piperazine rings is 1. The summed E-state index contributed by atoms with van der Waals surface area (Å²) in [5, 5.41) is 3.52. The topological polar surface area (TPSA) is 24.5 Å². The average molecular weight is 311 g/mol. The van der Waals surface area contributed by atoms with E-state index in [1.165, 1.54) is 10.0 Å². The maximum atomic E-state index is 5.57. The number of hydrogen-bond donors (Lipinski definition) is 1. The van der Waals surface area contributed by atoms with Crippen LogP contribution in [-0.4, -0.2) is 50.8 Å². The highest BCUT2D eigenvalue weighted by molar-refractivity contribution is 9.10. The highest BCUT2D eigenvalue weighted by Gasteiger charge is 2.49. The van der Waals surface area contributed by atoms with E-state index in [4.69, 9.17) is 4.74 Å². The second-order valence-corrected chi connectivity index (χ2v) is 6.18. The van der Waals surface area contributed by atoms with E-state index < -0.39 is 0 Å². The summed E-state index contributed by atoms with van der Waals surface area (Å²) in [5.74, 6) is 0. The molecule has 0 amide bonds. The molecule has 2 aliphatic rings. The van der Waals surface area contributed by atoms with Crippen LogP contribution in [0.3, 0.4) is 0 Å². The molecule has 0 radical (unpaired) electrons. The smallest absolute Gasteiger partial charge is 0.0601 e. The Labute approximate surface area is 117 Å². The maximum Gasteiger partial charge on any atom is 0.0601 e. The molecule has 0 aliphatic carbocycles. The van der Waals surface area contributed by atoms with E-state index >= 15 is 0 Å². The van der Waals surface area contributed by atoms with Crippen molar-refractivity contribution in [2.45, 2.75) is 11.5 Å². The molecule has 0 saturated carbocycles. The van der Waals surface area contributed by atoms with Crippen molar-refractivity contribution in [1.29, 1.82) is 0 Å². The van der Waals surface area contributed by atoms with Gasteiger partial charge in [-0.1, -0.05) is 34.1 Å². The number of nitrogens with zero attached hydrogens (tertiary/aromatic N) is 1. The summed E-state index contributed by atoms with van der Waals surface area (Å²) in [6, 6.07) is 9.07. The van der Waals surface area contributed by atoms with Crippen LogP contribution in [0.2, 0.25) is 0 Å². The van der Waals surface area contributed by atoms with Crippen molar-refractivity contribution in [3.05, 3.63) is 34.3 Å². The van der Waals surface area contributed by atoms with E-state index in [1.54, 1.807) is 0 Å². The van der Waals surface area contributed by atoms with Gasteiger partial charge in [0.2, 0.25) is 0 Å². The Morgan fingerprint density at radius 3 is 2.78 bits per heavy atom. The largest absolute Gasteiger partial charge is 0.379 e. The lowest BCUT2D eigenvalue weighted by atomic mass is 9.71. The predicted molar refractivity (Wildman–Crippen MR) is 75.9 cm³/mol. The maximum absolute atomic E-state index is 5.57. The van der Waals surface area contributed by atoms with Crippen LogP contribution in [0.15, 0.2) is 28.7 Å². The number of rotatable bonds is 2. The minimum atomic E-state index is 0.141. The Morgan fingerprint density at radius 1 is 1.39 bits per heavy atom. The fourth-order valence-electron chi connectivity index (χ4n) is 3.14. The molecular formula is C14H19BrN2O. The quantitative estimate of drug-likeness (QED) is 0.898. The van der Waals surface area contributed by atoms with E-state index in [2.05, 4.69) is 57.5 Å². The van der Waals surface area contributed by atoms with E-state index in [9.17, 15) is 0 Å². The molecule has 1 atom stereocenters. The third-order valence-corrected chi connectivity index (χ3v) is 4.97. The molecule has 1 N–H and O–H groups in total. The standard InChI is InChI=1S/C14H19BrN2O/c1-17-7-6-16-8-13(17)14(9-18-10-14)11-4-2-3-5-12(11)15/h2-5,13,16H,6-10H2,1H3. The number of halogens is 1. The summed E-state index contributed by atoms with van der Waals surface area (Å²) in [7, 11) is 2.22. The van der Waals surface area contributed by atoms with Crippen LogP contribution in [0.1, 0.15) is 5.56 Å².